The zero-order chi connectivity index (χ0) is 16.4. The molecule has 1 aliphatic heterocycles. The molecule has 0 unspecified atom stereocenters. The number of rotatable bonds is 3. The molecule has 0 spiro atoms. The Labute approximate surface area is 140 Å². The van der Waals surface area contributed by atoms with Crippen LogP contribution in [0.5, 0.6) is 0 Å². The number of hydrogen-bond acceptors (Lipinski definition) is 4. The molecule has 0 fully saturated rings. The summed E-state index contributed by atoms with van der Waals surface area (Å²) in [7, 11) is 0. The molecular weight excluding hydrogens is 302 g/mol. The number of hydrogen-bond donors (Lipinski definition) is 0. The molecule has 0 N–H and O–H groups in total. The fraction of sp³-hybridized carbons (Fsp3) is 0.158. The van der Waals surface area contributed by atoms with Gasteiger partial charge in [-0.25, -0.2) is 4.98 Å². The fourth-order valence-electron chi connectivity index (χ4n) is 2.99. The third kappa shape index (κ3) is 2.65. The lowest BCUT2D eigenvalue weighted by molar-refractivity contribution is 0.0960. The zero-order valence-electron chi connectivity index (χ0n) is 13.1. The monoisotopic (exact) mass is 319 g/mol. The van der Waals surface area contributed by atoms with Crippen molar-refractivity contribution in [3.63, 3.8) is 0 Å². The van der Waals surface area contributed by atoms with Crippen molar-refractivity contribution in [3.05, 3.63) is 78.4 Å². The standard InChI is InChI=1S/C19H17N3O2/c23-19(17-9-5-13-24-17)22-12-11-21(14-15-6-2-1-3-7-15)18-16(22)8-4-10-20-18/h1-10,13H,11-12,14H2. The van der Waals surface area contributed by atoms with Gasteiger partial charge in [0.05, 0.1) is 12.0 Å². The van der Waals surface area contributed by atoms with Crippen LogP contribution in [0.15, 0.2) is 71.5 Å². The molecule has 0 radical (unpaired) electrons. The number of nitrogens with zero attached hydrogens (tertiary/aromatic N) is 3. The smallest absolute Gasteiger partial charge is 0.294 e. The molecule has 3 aromatic rings. The minimum absolute atomic E-state index is 0.131. The van der Waals surface area contributed by atoms with E-state index in [0.717, 1.165) is 24.6 Å². The highest BCUT2D eigenvalue weighted by molar-refractivity contribution is 6.06. The summed E-state index contributed by atoms with van der Waals surface area (Å²) in [6.45, 7) is 2.10. The van der Waals surface area contributed by atoms with Crippen LogP contribution in [-0.4, -0.2) is 24.0 Å². The number of aromatic nitrogens is 1. The van der Waals surface area contributed by atoms with Crippen LogP contribution >= 0.6 is 0 Å². The number of pyridine rings is 1. The first-order chi connectivity index (χ1) is 11.8. The van der Waals surface area contributed by atoms with Crippen LogP contribution in [0.3, 0.4) is 0 Å². The average Bonchev–Trinajstić information content (AvgIpc) is 3.17. The Morgan fingerprint density at radius 3 is 2.71 bits per heavy atom. The summed E-state index contributed by atoms with van der Waals surface area (Å²) in [5.74, 6) is 1.04. The summed E-state index contributed by atoms with van der Waals surface area (Å²) >= 11 is 0. The van der Waals surface area contributed by atoms with Gasteiger partial charge in [-0.1, -0.05) is 30.3 Å². The van der Waals surface area contributed by atoms with Crippen molar-refractivity contribution in [1.29, 1.82) is 0 Å². The molecule has 0 saturated heterocycles. The van der Waals surface area contributed by atoms with Crippen LogP contribution in [0.4, 0.5) is 11.5 Å². The molecule has 120 valence electrons. The summed E-state index contributed by atoms with van der Waals surface area (Å²) in [6, 6.07) is 17.5. The van der Waals surface area contributed by atoms with E-state index in [1.54, 1.807) is 23.2 Å². The molecular formula is C19H17N3O2. The molecule has 0 saturated carbocycles. The van der Waals surface area contributed by atoms with Crippen molar-refractivity contribution in [1.82, 2.24) is 4.98 Å². The van der Waals surface area contributed by atoms with Gasteiger partial charge in [0.2, 0.25) is 0 Å². The molecule has 1 aromatic carbocycles. The molecule has 4 rings (SSSR count). The van der Waals surface area contributed by atoms with Crippen LogP contribution in [0.1, 0.15) is 16.1 Å². The van der Waals surface area contributed by atoms with Crippen molar-refractivity contribution in [2.45, 2.75) is 6.54 Å². The normalized spacial score (nSPS) is 13.7. The Morgan fingerprint density at radius 1 is 1.04 bits per heavy atom. The van der Waals surface area contributed by atoms with E-state index in [4.69, 9.17) is 4.42 Å². The van der Waals surface area contributed by atoms with Gasteiger partial charge >= 0.3 is 0 Å². The van der Waals surface area contributed by atoms with Crippen LogP contribution in [0, 0.1) is 0 Å². The Morgan fingerprint density at radius 2 is 1.92 bits per heavy atom. The quantitative estimate of drug-likeness (QED) is 0.743. The number of carbonyl (C=O) groups excluding carboxylic acids is 1. The maximum Gasteiger partial charge on any atom is 0.294 e. The zero-order valence-corrected chi connectivity index (χ0v) is 13.1. The molecule has 0 aliphatic carbocycles. The number of fused-ring (bicyclic) bond motifs is 1. The van der Waals surface area contributed by atoms with Crippen molar-refractivity contribution >= 4 is 17.4 Å². The van der Waals surface area contributed by atoms with E-state index in [2.05, 4.69) is 22.0 Å². The van der Waals surface area contributed by atoms with Crippen LogP contribution in [0.2, 0.25) is 0 Å². The summed E-state index contributed by atoms with van der Waals surface area (Å²) in [4.78, 5) is 21.1. The summed E-state index contributed by atoms with van der Waals surface area (Å²) in [5, 5.41) is 0. The summed E-state index contributed by atoms with van der Waals surface area (Å²) in [6.07, 6.45) is 3.28. The molecule has 2 aromatic heterocycles. The predicted molar refractivity (Wildman–Crippen MR) is 92.1 cm³/mol. The first kappa shape index (κ1) is 14.5. The molecule has 5 nitrogen and oxygen atoms in total. The highest BCUT2D eigenvalue weighted by atomic mass is 16.3. The topological polar surface area (TPSA) is 49.6 Å². The van der Waals surface area contributed by atoms with E-state index >= 15 is 0 Å². The molecule has 1 amide bonds. The van der Waals surface area contributed by atoms with Crippen LogP contribution in [0.25, 0.3) is 0 Å². The lowest BCUT2D eigenvalue weighted by Crippen LogP contribution is -2.44. The minimum atomic E-state index is -0.131. The van der Waals surface area contributed by atoms with Crippen LogP contribution < -0.4 is 9.80 Å². The molecule has 3 heterocycles. The minimum Gasteiger partial charge on any atom is -0.459 e. The van der Waals surface area contributed by atoms with Crippen molar-refractivity contribution in [2.24, 2.45) is 0 Å². The number of benzene rings is 1. The lowest BCUT2D eigenvalue weighted by Gasteiger charge is -2.36. The molecule has 1 aliphatic rings. The van der Waals surface area contributed by atoms with E-state index in [1.165, 1.54) is 11.8 Å². The molecule has 0 atom stereocenters. The van der Waals surface area contributed by atoms with Gasteiger partial charge in [0, 0.05) is 25.8 Å². The van der Waals surface area contributed by atoms with E-state index in [9.17, 15) is 4.79 Å². The SMILES string of the molecule is O=C(c1ccco1)N1CCN(Cc2ccccc2)c2ncccc21. The number of amides is 1. The van der Waals surface area contributed by atoms with Gasteiger partial charge in [0.25, 0.3) is 5.91 Å². The average molecular weight is 319 g/mol. The Kier molecular flexibility index (Phi) is 3.75. The van der Waals surface area contributed by atoms with Crippen molar-refractivity contribution in [2.75, 3.05) is 22.9 Å². The van der Waals surface area contributed by atoms with Crippen LogP contribution in [-0.2, 0) is 6.54 Å². The third-order valence-corrected chi connectivity index (χ3v) is 4.14. The second kappa shape index (κ2) is 6.20. The Balaban J connectivity index is 1.64. The maximum absolute atomic E-state index is 12.7. The Bertz CT molecular complexity index is 831. The Hall–Kier alpha value is -3.08. The largest absolute Gasteiger partial charge is 0.459 e. The van der Waals surface area contributed by atoms with Gasteiger partial charge in [-0.05, 0) is 29.8 Å². The van der Waals surface area contributed by atoms with Gasteiger partial charge in [-0.2, -0.15) is 0 Å². The lowest BCUT2D eigenvalue weighted by atomic mass is 10.1. The number of furan rings is 1. The van der Waals surface area contributed by atoms with E-state index in [-0.39, 0.29) is 5.91 Å². The molecule has 0 bridgehead atoms. The van der Waals surface area contributed by atoms with Gasteiger partial charge < -0.3 is 14.2 Å². The summed E-state index contributed by atoms with van der Waals surface area (Å²) < 4.78 is 5.26. The van der Waals surface area contributed by atoms with E-state index in [1.807, 2.05) is 30.3 Å². The van der Waals surface area contributed by atoms with E-state index in [0.29, 0.717) is 12.3 Å². The molecule has 5 heteroatoms. The highest BCUT2D eigenvalue weighted by Gasteiger charge is 2.29. The van der Waals surface area contributed by atoms with Gasteiger partial charge in [-0.3, -0.25) is 4.79 Å². The first-order valence-electron chi connectivity index (χ1n) is 7.92. The second-order valence-electron chi connectivity index (χ2n) is 5.69. The van der Waals surface area contributed by atoms with Crippen molar-refractivity contribution in [3.8, 4) is 0 Å². The van der Waals surface area contributed by atoms with Crippen molar-refractivity contribution < 1.29 is 9.21 Å². The number of anilines is 2. The predicted octanol–water partition coefficient (Wildman–Crippen LogP) is 3.34. The second-order valence-corrected chi connectivity index (χ2v) is 5.69. The third-order valence-electron chi connectivity index (χ3n) is 4.14. The van der Waals surface area contributed by atoms with Gasteiger partial charge in [0.15, 0.2) is 11.6 Å². The van der Waals surface area contributed by atoms with Gasteiger partial charge in [0.1, 0.15) is 0 Å². The number of carbonyl (C=O) groups is 1. The maximum atomic E-state index is 12.7. The first-order valence-corrected chi connectivity index (χ1v) is 7.92. The van der Waals surface area contributed by atoms with Gasteiger partial charge in [-0.15, -0.1) is 0 Å². The molecule has 24 heavy (non-hydrogen) atoms. The fourth-order valence-corrected chi connectivity index (χ4v) is 2.99. The van der Waals surface area contributed by atoms with E-state index < -0.39 is 0 Å². The highest BCUT2D eigenvalue weighted by Crippen LogP contribution is 2.32. The summed E-state index contributed by atoms with van der Waals surface area (Å²) in [5.41, 5.74) is 2.04.